The lowest BCUT2D eigenvalue weighted by atomic mass is 10.0. The summed E-state index contributed by atoms with van der Waals surface area (Å²) in [5, 5.41) is 12.7. The summed E-state index contributed by atoms with van der Waals surface area (Å²) in [5.41, 5.74) is 1.29. The molecular formula is C14H20FNO. The number of aliphatic hydroxyl groups is 1. The molecule has 0 saturated heterocycles. The first-order valence-corrected chi connectivity index (χ1v) is 6.22. The molecule has 0 amide bonds. The fourth-order valence-electron chi connectivity index (χ4n) is 2.00. The smallest absolute Gasteiger partial charge is 0.123 e. The van der Waals surface area contributed by atoms with Crippen molar-refractivity contribution in [3.8, 4) is 0 Å². The van der Waals surface area contributed by atoms with Gasteiger partial charge in [-0.05, 0) is 43.9 Å². The van der Waals surface area contributed by atoms with Gasteiger partial charge in [-0.2, -0.15) is 0 Å². The summed E-state index contributed by atoms with van der Waals surface area (Å²) in [6.07, 6.45) is 3.14. The summed E-state index contributed by atoms with van der Waals surface area (Å²) < 4.78 is 12.7. The van der Waals surface area contributed by atoms with Crippen LogP contribution in [0.3, 0.4) is 0 Å². The van der Waals surface area contributed by atoms with Crippen molar-refractivity contribution in [3.05, 3.63) is 35.6 Å². The number of rotatable bonds is 6. The molecular weight excluding hydrogens is 217 g/mol. The van der Waals surface area contributed by atoms with Gasteiger partial charge in [-0.15, -0.1) is 0 Å². The van der Waals surface area contributed by atoms with E-state index in [-0.39, 0.29) is 17.8 Å². The van der Waals surface area contributed by atoms with E-state index in [2.05, 4.69) is 12.2 Å². The highest BCUT2D eigenvalue weighted by atomic mass is 19.1. The van der Waals surface area contributed by atoms with Crippen molar-refractivity contribution in [2.45, 2.75) is 32.2 Å². The Hall–Kier alpha value is -0.930. The molecule has 1 atom stereocenters. The number of nitrogens with one attached hydrogen (secondary N) is 1. The van der Waals surface area contributed by atoms with Crippen LogP contribution in [0.25, 0.3) is 0 Å². The molecule has 0 heterocycles. The summed E-state index contributed by atoms with van der Waals surface area (Å²) in [4.78, 5) is 0. The van der Waals surface area contributed by atoms with Crippen LogP contribution < -0.4 is 5.32 Å². The van der Waals surface area contributed by atoms with Crippen LogP contribution in [0.15, 0.2) is 24.3 Å². The molecule has 0 aliphatic heterocycles. The summed E-state index contributed by atoms with van der Waals surface area (Å²) in [7, 11) is 0. The second kappa shape index (κ2) is 5.15. The Labute approximate surface area is 102 Å². The molecule has 94 valence electrons. The van der Waals surface area contributed by atoms with E-state index < -0.39 is 0 Å². The van der Waals surface area contributed by atoms with E-state index >= 15 is 0 Å². The van der Waals surface area contributed by atoms with E-state index in [4.69, 9.17) is 0 Å². The van der Waals surface area contributed by atoms with Crippen molar-refractivity contribution in [3.63, 3.8) is 0 Å². The zero-order valence-corrected chi connectivity index (χ0v) is 10.2. The standard InChI is InChI=1S/C14H20FNO/c1-11(16-9-14(10-17)6-7-14)8-12-2-4-13(15)5-3-12/h2-5,11,16-17H,6-10H2,1H3. The molecule has 0 radical (unpaired) electrons. The van der Waals surface area contributed by atoms with Gasteiger partial charge in [0.25, 0.3) is 0 Å². The largest absolute Gasteiger partial charge is 0.396 e. The molecule has 1 unspecified atom stereocenters. The third-order valence-corrected chi connectivity index (χ3v) is 3.57. The minimum Gasteiger partial charge on any atom is -0.396 e. The number of hydrogen-bond donors (Lipinski definition) is 2. The van der Waals surface area contributed by atoms with Crippen molar-refractivity contribution in [2.75, 3.05) is 13.2 Å². The number of hydrogen-bond acceptors (Lipinski definition) is 2. The minimum atomic E-state index is -0.188. The van der Waals surface area contributed by atoms with Crippen molar-refractivity contribution >= 4 is 0 Å². The summed E-state index contributed by atoms with van der Waals surface area (Å²) >= 11 is 0. The lowest BCUT2D eigenvalue weighted by Gasteiger charge is -2.18. The first-order chi connectivity index (χ1) is 8.13. The molecule has 2 N–H and O–H groups in total. The van der Waals surface area contributed by atoms with Gasteiger partial charge in [0.15, 0.2) is 0 Å². The summed E-state index contributed by atoms with van der Waals surface area (Å²) in [6, 6.07) is 7.00. The van der Waals surface area contributed by atoms with Gasteiger partial charge in [0.1, 0.15) is 5.82 Å². The number of benzene rings is 1. The Morgan fingerprint density at radius 3 is 2.53 bits per heavy atom. The Bertz CT molecular complexity index is 359. The Balaban J connectivity index is 1.77. The van der Waals surface area contributed by atoms with Gasteiger partial charge < -0.3 is 10.4 Å². The van der Waals surface area contributed by atoms with Crippen LogP contribution in [-0.2, 0) is 6.42 Å². The molecule has 1 aliphatic rings. The van der Waals surface area contributed by atoms with Crippen molar-refractivity contribution in [1.29, 1.82) is 0 Å². The average Bonchev–Trinajstić information content (AvgIpc) is 3.10. The van der Waals surface area contributed by atoms with Crippen molar-refractivity contribution in [2.24, 2.45) is 5.41 Å². The highest BCUT2D eigenvalue weighted by Crippen LogP contribution is 2.44. The van der Waals surface area contributed by atoms with Gasteiger partial charge in [-0.3, -0.25) is 0 Å². The van der Waals surface area contributed by atoms with Gasteiger partial charge >= 0.3 is 0 Å². The van der Waals surface area contributed by atoms with E-state index in [0.717, 1.165) is 31.4 Å². The molecule has 1 aromatic carbocycles. The maximum atomic E-state index is 12.7. The van der Waals surface area contributed by atoms with E-state index in [0.29, 0.717) is 6.04 Å². The van der Waals surface area contributed by atoms with Crippen molar-refractivity contribution < 1.29 is 9.50 Å². The molecule has 1 aliphatic carbocycles. The first kappa shape index (κ1) is 12.5. The third kappa shape index (κ3) is 3.51. The highest BCUT2D eigenvalue weighted by Gasteiger charge is 2.41. The predicted octanol–water partition coefficient (Wildman–Crippen LogP) is 2.12. The van der Waals surface area contributed by atoms with Crippen LogP contribution in [0.5, 0.6) is 0 Å². The highest BCUT2D eigenvalue weighted by molar-refractivity contribution is 5.17. The molecule has 2 rings (SSSR count). The Kier molecular flexibility index (Phi) is 3.79. The van der Waals surface area contributed by atoms with Gasteiger partial charge in [-0.25, -0.2) is 4.39 Å². The van der Waals surface area contributed by atoms with Crippen LogP contribution >= 0.6 is 0 Å². The second-order valence-corrected chi connectivity index (χ2v) is 5.27. The van der Waals surface area contributed by atoms with Gasteiger partial charge in [0.05, 0.1) is 0 Å². The first-order valence-electron chi connectivity index (χ1n) is 6.22. The molecule has 17 heavy (non-hydrogen) atoms. The SMILES string of the molecule is CC(Cc1ccc(F)cc1)NCC1(CO)CC1. The predicted molar refractivity (Wildman–Crippen MR) is 66.3 cm³/mol. The summed E-state index contributed by atoms with van der Waals surface area (Å²) in [6.45, 7) is 3.28. The monoisotopic (exact) mass is 237 g/mol. The summed E-state index contributed by atoms with van der Waals surface area (Å²) in [5.74, 6) is -0.188. The maximum Gasteiger partial charge on any atom is 0.123 e. The van der Waals surface area contributed by atoms with Crippen LogP contribution in [-0.4, -0.2) is 24.3 Å². The molecule has 0 bridgehead atoms. The molecule has 2 nitrogen and oxygen atoms in total. The van der Waals surface area contributed by atoms with E-state index in [1.165, 1.54) is 12.1 Å². The molecule has 1 fully saturated rings. The fraction of sp³-hybridized carbons (Fsp3) is 0.571. The van der Waals surface area contributed by atoms with Gasteiger partial charge in [0, 0.05) is 24.6 Å². The Morgan fingerprint density at radius 2 is 2.00 bits per heavy atom. The van der Waals surface area contributed by atoms with Gasteiger partial charge in [-0.1, -0.05) is 12.1 Å². The van der Waals surface area contributed by atoms with Crippen molar-refractivity contribution in [1.82, 2.24) is 5.32 Å². The number of halogens is 1. The van der Waals surface area contributed by atoms with E-state index in [9.17, 15) is 9.50 Å². The van der Waals surface area contributed by atoms with Crippen LogP contribution in [0.1, 0.15) is 25.3 Å². The zero-order chi connectivity index (χ0) is 12.3. The van der Waals surface area contributed by atoms with Crippen LogP contribution in [0.4, 0.5) is 4.39 Å². The third-order valence-electron chi connectivity index (χ3n) is 3.57. The molecule has 3 heteroatoms. The topological polar surface area (TPSA) is 32.3 Å². The molecule has 1 saturated carbocycles. The van der Waals surface area contributed by atoms with E-state index in [1.54, 1.807) is 0 Å². The number of aliphatic hydroxyl groups excluding tert-OH is 1. The average molecular weight is 237 g/mol. The normalized spacial score (nSPS) is 19.0. The molecule has 1 aromatic rings. The quantitative estimate of drug-likeness (QED) is 0.794. The lowest BCUT2D eigenvalue weighted by Crippen LogP contribution is -2.34. The zero-order valence-electron chi connectivity index (χ0n) is 10.2. The fourth-order valence-corrected chi connectivity index (χ4v) is 2.00. The minimum absolute atomic E-state index is 0.150. The van der Waals surface area contributed by atoms with E-state index in [1.807, 2.05) is 12.1 Å². The Morgan fingerprint density at radius 1 is 1.35 bits per heavy atom. The lowest BCUT2D eigenvalue weighted by molar-refractivity contribution is 0.204. The maximum absolute atomic E-state index is 12.7. The molecule has 0 spiro atoms. The van der Waals surface area contributed by atoms with Gasteiger partial charge in [0.2, 0.25) is 0 Å². The van der Waals surface area contributed by atoms with Crippen LogP contribution in [0, 0.1) is 11.2 Å². The second-order valence-electron chi connectivity index (χ2n) is 5.27. The van der Waals surface area contributed by atoms with Crippen LogP contribution in [0.2, 0.25) is 0 Å². The molecule has 0 aromatic heterocycles.